The lowest BCUT2D eigenvalue weighted by Gasteiger charge is -2.29. The minimum Gasteiger partial charge on any atom is -0.328 e. The first-order valence-corrected chi connectivity index (χ1v) is 8.67. The van der Waals surface area contributed by atoms with Crippen LogP contribution in [-0.2, 0) is 24.1 Å². The number of fused-ring (bicyclic) bond motifs is 1. The van der Waals surface area contributed by atoms with Gasteiger partial charge in [0.2, 0.25) is 10.0 Å². The summed E-state index contributed by atoms with van der Waals surface area (Å²) in [5, 5.41) is 0. The predicted molar refractivity (Wildman–Crippen MR) is 91.4 cm³/mol. The average molecular weight is 361 g/mol. The highest BCUT2D eigenvalue weighted by atomic mass is 35.5. The number of hydrogen-bond donors (Lipinski definition) is 1. The summed E-state index contributed by atoms with van der Waals surface area (Å²) >= 11 is 0. The third kappa shape index (κ3) is 2.91. The van der Waals surface area contributed by atoms with Crippen molar-refractivity contribution in [3.63, 3.8) is 0 Å². The molecule has 2 heterocycles. The fraction of sp³-hybridized carbons (Fsp3) is 0.500. The van der Waals surface area contributed by atoms with Gasteiger partial charge in [0, 0.05) is 33.2 Å². The van der Waals surface area contributed by atoms with Gasteiger partial charge in [-0.2, -0.15) is 4.31 Å². The monoisotopic (exact) mass is 360 g/mol. The van der Waals surface area contributed by atoms with Gasteiger partial charge in [0.15, 0.2) is 0 Å². The third-order valence-electron chi connectivity index (χ3n) is 4.38. The quantitative estimate of drug-likeness (QED) is 0.839. The number of rotatable bonds is 2. The van der Waals surface area contributed by atoms with Crippen LogP contribution in [0.5, 0.6) is 0 Å². The highest BCUT2D eigenvalue weighted by Crippen LogP contribution is 2.23. The summed E-state index contributed by atoms with van der Waals surface area (Å²) in [5.41, 5.74) is 6.99. The molecule has 1 aliphatic rings. The van der Waals surface area contributed by atoms with Crippen molar-refractivity contribution in [2.45, 2.75) is 23.8 Å². The summed E-state index contributed by atoms with van der Waals surface area (Å²) in [7, 11) is -0.233. The zero-order valence-corrected chi connectivity index (χ0v) is 14.7. The Balaban J connectivity index is 0.00000192. The van der Waals surface area contributed by atoms with E-state index in [4.69, 9.17) is 5.73 Å². The van der Waals surface area contributed by atoms with Crippen molar-refractivity contribution in [1.29, 1.82) is 0 Å². The van der Waals surface area contributed by atoms with Crippen molar-refractivity contribution < 1.29 is 8.42 Å². The zero-order chi connectivity index (χ0) is 16.1. The smallest absolute Gasteiger partial charge is 0.328 e. The first-order chi connectivity index (χ1) is 10.3. The lowest BCUT2D eigenvalue weighted by molar-refractivity contribution is 0.320. The second kappa shape index (κ2) is 6.27. The Kier molecular flexibility index (Phi) is 4.91. The molecule has 0 amide bonds. The number of sulfonamides is 1. The Morgan fingerprint density at radius 1 is 1.09 bits per heavy atom. The molecule has 0 atom stereocenters. The minimum atomic E-state index is -3.54. The van der Waals surface area contributed by atoms with E-state index in [0.717, 1.165) is 0 Å². The van der Waals surface area contributed by atoms with Crippen molar-refractivity contribution in [1.82, 2.24) is 13.4 Å². The number of piperidine rings is 1. The molecule has 1 aromatic heterocycles. The SMILES string of the molecule is Cl.Cn1c(=O)n(C)c2cc(S(=O)(=O)N3CCC(N)CC3)ccc21. The summed E-state index contributed by atoms with van der Waals surface area (Å²) in [4.78, 5) is 12.2. The molecule has 1 aromatic carbocycles. The van der Waals surface area contributed by atoms with E-state index in [0.29, 0.717) is 37.0 Å². The molecule has 7 nitrogen and oxygen atoms in total. The Labute approximate surface area is 141 Å². The van der Waals surface area contributed by atoms with Crippen LogP contribution < -0.4 is 11.4 Å². The summed E-state index contributed by atoms with van der Waals surface area (Å²) in [5.74, 6) is 0. The van der Waals surface area contributed by atoms with Gasteiger partial charge in [-0.1, -0.05) is 0 Å². The van der Waals surface area contributed by atoms with E-state index in [1.54, 1.807) is 32.3 Å². The van der Waals surface area contributed by atoms with Gasteiger partial charge in [-0.05, 0) is 31.0 Å². The molecule has 1 saturated heterocycles. The van der Waals surface area contributed by atoms with Crippen LogP contribution in [0, 0.1) is 0 Å². The van der Waals surface area contributed by atoms with E-state index in [2.05, 4.69) is 0 Å². The topological polar surface area (TPSA) is 90.3 Å². The molecule has 0 saturated carbocycles. The van der Waals surface area contributed by atoms with Crippen LogP contribution >= 0.6 is 12.4 Å². The van der Waals surface area contributed by atoms with Crippen molar-refractivity contribution in [3.05, 3.63) is 28.7 Å². The fourth-order valence-corrected chi connectivity index (χ4v) is 4.40. The average Bonchev–Trinajstić information content (AvgIpc) is 2.72. The van der Waals surface area contributed by atoms with Gasteiger partial charge in [0.1, 0.15) is 0 Å². The molecule has 128 valence electrons. The van der Waals surface area contributed by atoms with Gasteiger partial charge in [-0.15, -0.1) is 12.4 Å². The van der Waals surface area contributed by atoms with Crippen molar-refractivity contribution >= 4 is 33.5 Å². The second-order valence-corrected chi connectivity index (χ2v) is 7.73. The zero-order valence-electron chi connectivity index (χ0n) is 13.1. The highest BCUT2D eigenvalue weighted by Gasteiger charge is 2.28. The Bertz CT molecular complexity index is 879. The maximum Gasteiger partial charge on any atom is 0.328 e. The number of hydrogen-bond acceptors (Lipinski definition) is 4. The number of imidazole rings is 1. The molecular formula is C14H21ClN4O3S. The first-order valence-electron chi connectivity index (χ1n) is 7.23. The van der Waals surface area contributed by atoms with Gasteiger partial charge in [0.25, 0.3) is 0 Å². The van der Waals surface area contributed by atoms with Crippen molar-refractivity contribution in [2.75, 3.05) is 13.1 Å². The molecule has 0 bridgehead atoms. The van der Waals surface area contributed by atoms with Crippen molar-refractivity contribution in [3.8, 4) is 0 Å². The molecule has 9 heteroatoms. The normalized spacial score (nSPS) is 17.3. The standard InChI is InChI=1S/C14H20N4O3S.ClH/c1-16-12-4-3-11(9-13(12)17(2)14(16)19)22(20,21)18-7-5-10(15)6-8-18;/h3-4,9-10H,5-8,15H2,1-2H3;1H. The molecule has 1 fully saturated rings. The van der Waals surface area contributed by atoms with Gasteiger partial charge in [-0.3, -0.25) is 9.13 Å². The lowest BCUT2D eigenvalue weighted by atomic mass is 10.1. The molecule has 2 N–H and O–H groups in total. The Morgan fingerprint density at radius 3 is 2.26 bits per heavy atom. The summed E-state index contributed by atoms with van der Waals surface area (Å²) < 4.78 is 29.9. The van der Waals surface area contributed by atoms with E-state index in [-0.39, 0.29) is 29.0 Å². The van der Waals surface area contributed by atoms with Crippen LogP contribution in [0.2, 0.25) is 0 Å². The predicted octanol–water partition coefficient (Wildman–Crippen LogP) is 0.411. The number of benzene rings is 1. The molecule has 1 aliphatic heterocycles. The minimum absolute atomic E-state index is 0. The number of nitrogens with zero attached hydrogens (tertiary/aromatic N) is 3. The second-order valence-electron chi connectivity index (χ2n) is 5.79. The molecule has 0 aliphatic carbocycles. The largest absolute Gasteiger partial charge is 0.328 e. The van der Waals surface area contributed by atoms with Gasteiger partial charge >= 0.3 is 5.69 Å². The van der Waals surface area contributed by atoms with E-state index < -0.39 is 10.0 Å². The number of halogens is 1. The molecule has 0 unspecified atom stereocenters. The number of aryl methyl sites for hydroxylation is 2. The molecule has 0 radical (unpaired) electrons. The maximum atomic E-state index is 12.7. The Morgan fingerprint density at radius 2 is 1.65 bits per heavy atom. The number of nitrogens with two attached hydrogens (primary N) is 1. The van der Waals surface area contributed by atoms with Crippen LogP contribution in [0.25, 0.3) is 11.0 Å². The van der Waals surface area contributed by atoms with Crippen LogP contribution in [0.3, 0.4) is 0 Å². The maximum absolute atomic E-state index is 12.7. The summed E-state index contributed by atoms with van der Waals surface area (Å²) in [6, 6.07) is 4.88. The van der Waals surface area contributed by atoms with Gasteiger partial charge in [0.05, 0.1) is 15.9 Å². The number of aromatic nitrogens is 2. The van der Waals surface area contributed by atoms with E-state index in [9.17, 15) is 13.2 Å². The van der Waals surface area contributed by atoms with E-state index >= 15 is 0 Å². The van der Waals surface area contributed by atoms with Crippen LogP contribution in [0.1, 0.15) is 12.8 Å². The lowest BCUT2D eigenvalue weighted by Crippen LogP contribution is -2.42. The summed E-state index contributed by atoms with van der Waals surface area (Å²) in [6.45, 7) is 0.879. The van der Waals surface area contributed by atoms with E-state index in [1.165, 1.54) is 13.4 Å². The van der Waals surface area contributed by atoms with Crippen LogP contribution in [0.15, 0.2) is 27.9 Å². The molecule has 23 heavy (non-hydrogen) atoms. The molecule has 0 spiro atoms. The molecule has 2 aromatic rings. The van der Waals surface area contributed by atoms with Crippen molar-refractivity contribution in [2.24, 2.45) is 19.8 Å². The third-order valence-corrected chi connectivity index (χ3v) is 6.27. The summed E-state index contributed by atoms with van der Waals surface area (Å²) in [6.07, 6.45) is 1.34. The highest BCUT2D eigenvalue weighted by molar-refractivity contribution is 7.89. The van der Waals surface area contributed by atoms with Gasteiger partial charge in [-0.25, -0.2) is 13.2 Å². The van der Waals surface area contributed by atoms with Crippen LogP contribution in [0.4, 0.5) is 0 Å². The van der Waals surface area contributed by atoms with Crippen LogP contribution in [-0.4, -0.2) is 41.0 Å². The Hall–Kier alpha value is -1.35. The van der Waals surface area contributed by atoms with E-state index in [1.807, 2.05) is 0 Å². The van der Waals surface area contributed by atoms with Gasteiger partial charge < -0.3 is 5.73 Å². The first kappa shape index (κ1) is 18.0. The molecule has 3 rings (SSSR count). The molecular weight excluding hydrogens is 340 g/mol. The fourth-order valence-electron chi connectivity index (χ4n) is 2.91.